The van der Waals surface area contributed by atoms with Gasteiger partial charge in [-0.2, -0.15) is 0 Å². The molecule has 0 aliphatic carbocycles. The maximum absolute atomic E-state index is 13.7. The van der Waals surface area contributed by atoms with Crippen LogP contribution in [-0.4, -0.2) is 41.6 Å². The van der Waals surface area contributed by atoms with Crippen LogP contribution in [0.15, 0.2) is 47.4 Å². The van der Waals surface area contributed by atoms with Crippen molar-refractivity contribution < 1.29 is 23.2 Å². The fraction of sp³-hybridized carbons (Fsp3) is 0.227. The molecule has 3 amide bonds. The van der Waals surface area contributed by atoms with Gasteiger partial charge < -0.3 is 10.2 Å². The molecular formula is C22H19F2N3O3S. The summed E-state index contributed by atoms with van der Waals surface area (Å²) in [5.74, 6) is -3.07. The van der Waals surface area contributed by atoms with Gasteiger partial charge in [-0.3, -0.25) is 19.3 Å². The predicted octanol–water partition coefficient (Wildman–Crippen LogP) is 4.24. The summed E-state index contributed by atoms with van der Waals surface area (Å²) in [7, 11) is 0. The van der Waals surface area contributed by atoms with E-state index in [-0.39, 0.29) is 10.6 Å². The number of hydrogen-bond acceptors (Lipinski definition) is 5. The zero-order valence-corrected chi connectivity index (χ0v) is 17.3. The van der Waals surface area contributed by atoms with Crippen molar-refractivity contribution in [3.8, 4) is 0 Å². The molecule has 2 aliphatic heterocycles. The average molecular weight is 443 g/mol. The third-order valence-corrected chi connectivity index (χ3v) is 5.95. The third kappa shape index (κ3) is 4.77. The minimum absolute atomic E-state index is 0.208. The lowest BCUT2D eigenvalue weighted by molar-refractivity contribution is -0.127. The highest BCUT2D eigenvalue weighted by atomic mass is 32.2. The minimum Gasteiger partial charge on any atom is -0.372 e. The summed E-state index contributed by atoms with van der Waals surface area (Å²) >= 11 is 0.744. The molecule has 31 heavy (non-hydrogen) atoms. The second-order valence-electron chi connectivity index (χ2n) is 7.23. The van der Waals surface area contributed by atoms with Gasteiger partial charge in [-0.05, 0) is 60.5 Å². The summed E-state index contributed by atoms with van der Waals surface area (Å²) in [5.41, 5.74) is 1.66. The Morgan fingerprint density at radius 3 is 2.45 bits per heavy atom. The molecule has 2 saturated heterocycles. The molecule has 0 saturated carbocycles. The Kier molecular flexibility index (Phi) is 6.03. The molecule has 2 aromatic carbocycles. The topological polar surface area (TPSA) is 69.7 Å². The normalized spacial score (nSPS) is 17.7. The largest absolute Gasteiger partial charge is 0.372 e. The van der Waals surface area contributed by atoms with E-state index in [2.05, 4.69) is 10.2 Å². The molecule has 0 aromatic heterocycles. The van der Waals surface area contributed by atoms with E-state index in [0.717, 1.165) is 53.1 Å². The Morgan fingerprint density at radius 1 is 1.06 bits per heavy atom. The molecule has 0 atom stereocenters. The summed E-state index contributed by atoms with van der Waals surface area (Å²) in [6, 6.07) is 10.4. The van der Waals surface area contributed by atoms with Crippen molar-refractivity contribution in [3.05, 3.63) is 64.6 Å². The van der Waals surface area contributed by atoms with Crippen molar-refractivity contribution in [3.63, 3.8) is 0 Å². The van der Waals surface area contributed by atoms with Crippen LogP contribution in [0.25, 0.3) is 6.08 Å². The standard InChI is InChI=1S/C22H19F2N3O3S/c23-15-5-8-18(17(24)12-15)25-20(28)13-27-21(29)19(31-22(27)30)11-14-3-6-16(7-4-14)26-9-1-2-10-26/h3-8,11-12H,1-2,9-10,13H2,(H,25,28)/b19-11+. The molecule has 2 fully saturated rings. The molecule has 0 unspecified atom stereocenters. The third-order valence-electron chi connectivity index (χ3n) is 5.04. The summed E-state index contributed by atoms with van der Waals surface area (Å²) in [4.78, 5) is 40.3. The molecule has 2 aliphatic rings. The Balaban J connectivity index is 1.41. The van der Waals surface area contributed by atoms with Crippen molar-refractivity contribution in [2.75, 3.05) is 29.9 Å². The van der Waals surface area contributed by atoms with E-state index in [1.54, 1.807) is 6.08 Å². The van der Waals surface area contributed by atoms with Crippen LogP contribution in [0.4, 0.5) is 25.0 Å². The number of carbonyl (C=O) groups is 3. The molecule has 6 nitrogen and oxygen atoms in total. The zero-order valence-electron chi connectivity index (χ0n) is 16.4. The van der Waals surface area contributed by atoms with Crippen LogP contribution in [0.5, 0.6) is 0 Å². The number of thioether (sulfide) groups is 1. The first-order valence-corrected chi connectivity index (χ1v) is 10.6. The number of hydrogen-bond donors (Lipinski definition) is 1. The molecule has 1 N–H and O–H groups in total. The van der Waals surface area contributed by atoms with E-state index in [1.807, 2.05) is 24.3 Å². The van der Waals surface area contributed by atoms with Crippen LogP contribution >= 0.6 is 11.8 Å². The van der Waals surface area contributed by atoms with Crippen molar-refractivity contribution in [1.82, 2.24) is 4.90 Å². The van der Waals surface area contributed by atoms with Crippen molar-refractivity contribution >= 4 is 46.3 Å². The predicted molar refractivity (Wildman–Crippen MR) is 116 cm³/mol. The summed E-state index contributed by atoms with van der Waals surface area (Å²) in [6.07, 6.45) is 3.96. The van der Waals surface area contributed by atoms with Gasteiger partial charge in [-0.25, -0.2) is 8.78 Å². The van der Waals surface area contributed by atoms with Gasteiger partial charge in [-0.15, -0.1) is 0 Å². The molecule has 0 radical (unpaired) electrons. The van der Waals surface area contributed by atoms with Gasteiger partial charge in [0.25, 0.3) is 11.1 Å². The molecular weight excluding hydrogens is 424 g/mol. The van der Waals surface area contributed by atoms with Gasteiger partial charge in [0.1, 0.15) is 18.2 Å². The number of nitrogens with one attached hydrogen (secondary N) is 1. The van der Waals surface area contributed by atoms with Crippen molar-refractivity contribution in [1.29, 1.82) is 0 Å². The van der Waals surface area contributed by atoms with Crippen LogP contribution in [0.1, 0.15) is 18.4 Å². The Morgan fingerprint density at radius 2 is 1.77 bits per heavy atom. The number of carbonyl (C=O) groups excluding carboxylic acids is 3. The van der Waals surface area contributed by atoms with E-state index in [1.165, 1.54) is 12.8 Å². The fourth-order valence-electron chi connectivity index (χ4n) is 3.47. The summed E-state index contributed by atoms with van der Waals surface area (Å²) < 4.78 is 26.7. The maximum atomic E-state index is 13.7. The Hall–Kier alpha value is -3.20. The van der Waals surface area contributed by atoms with Gasteiger partial charge in [-0.1, -0.05) is 12.1 Å². The van der Waals surface area contributed by atoms with E-state index in [4.69, 9.17) is 0 Å². The van der Waals surface area contributed by atoms with Crippen molar-refractivity contribution in [2.45, 2.75) is 12.8 Å². The van der Waals surface area contributed by atoms with Crippen LogP contribution in [-0.2, 0) is 9.59 Å². The number of imide groups is 1. The first-order chi connectivity index (χ1) is 14.9. The molecule has 0 spiro atoms. The quantitative estimate of drug-likeness (QED) is 0.700. The lowest BCUT2D eigenvalue weighted by atomic mass is 10.2. The number of benzene rings is 2. The van der Waals surface area contributed by atoms with Crippen LogP contribution < -0.4 is 10.2 Å². The lowest BCUT2D eigenvalue weighted by Crippen LogP contribution is -2.36. The molecule has 0 bridgehead atoms. The Bertz CT molecular complexity index is 1070. The van der Waals surface area contributed by atoms with Crippen LogP contribution in [0.3, 0.4) is 0 Å². The minimum atomic E-state index is -0.945. The van der Waals surface area contributed by atoms with Gasteiger partial charge in [0.2, 0.25) is 5.91 Å². The number of amides is 3. The number of halogens is 2. The van der Waals surface area contributed by atoms with E-state index in [9.17, 15) is 23.2 Å². The van der Waals surface area contributed by atoms with Crippen LogP contribution in [0.2, 0.25) is 0 Å². The van der Waals surface area contributed by atoms with Crippen LogP contribution in [0, 0.1) is 11.6 Å². The molecule has 4 rings (SSSR count). The first-order valence-electron chi connectivity index (χ1n) is 9.76. The highest BCUT2D eigenvalue weighted by molar-refractivity contribution is 8.18. The van der Waals surface area contributed by atoms with Gasteiger partial charge in [0.15, 0.2) is 0 Å². The monoisotopic (exact) mass is 443 g/mol. The summed E-state index contributed by atoms with van der Waals surface area (Å²) in [6.45, 7) is 1.50. The maximum Gasteiger partial charge on any atom is 0.294 e. The number of rotatable bonds is 5. The average Bonchev–Trinajstić information content (AvgIpc) is 3.36. The smallest absolute Gasteiger partial charge is 0.294 e. The number of nitrogens with zero attached hydrogens (tertiary/aromatic N) is 2. The highest BCUT2D eigenvalue weighted by Crippen LogP contribution is 2.32. The number of anilines is 2. The highest BCUT2D eigenvalue weighted by Gasteiger charge is 2.36. The van der Waals surface area contributed by atoms with E-state index in [0.29, 0.717) is 6.07 Å². The molecule has 2 aromatic rings. The van der Waals surface area contributed by atoms with Crippen molar-refractivity contribution in [2.24, 2.45) is 0 Å². The van der Waals surface area contributed by atoms with Gasteiger partial charge >= 0.3 is 0 Å². The Labute approximate surface area is 181 Å². The fourth-order valence-corrected chi connectivity index (χ4v) is 4.31. The van der Waals surface area contributed by atoms with E-state index >= 15 is 0 Å². The van der Waals surface area contributed by atoms with Gasteiger partial charge in [0, 0.05) is 24.8 Å². The first kappa shape index (κ1) is 21.0. The second-order valence-corrected chi connectivity index (χ2v) is 8.22. The van der Waals surface area contributed by atoms with Gasteiger partial charge in [0.05, 0.1) is 10.6 Å². The molecule has 2 heterocycles. The second kappa shape index (κ2) is 8.89. The lowest BCUT2D eigenvalue weighted by Gasteiger charge is -2.17. The molecule has 160 valence electrons. The SMILES string of the molecule is O=C(CN1C(=O)S/C(=C/c2ccc(N3CCCC3)cc2)C1=O)Nc1ccc(F)cc1F. The summed E-state index contributed by atoms with van der Waals surface area (Å²) in [5, 5.41) is 1.66. The zero-order chi connectivity index (χ0) is 22.0. The molecule has 9 heteroatoms. The van der Waals surface area contributed by atoms with E-state index < -0.39 is 35.2 Å².